The number of benzene rings is 2. The van der Waals surface area contributed by atoms with Gasteiger partial charge in [-0.1, -0.05) is 53.5 Å². The van der Waals surface area contributed by atoms with Crippen molar-refractivity contribution >= 4 is 29.2 Å². The summed E-state index contributed by atoms with van der Waals surface area (Å²) in [4.78, 5) is 17.9. The Bertz CT molecular complexity index is 723. The monoisotopic (exact) mass is 365 g/mol. The molecule has 1 aliphatic rings. The summed E-state index contributed by atoms with van der Waals surface area (Å²) in [6, 6.07) is 14.9. The van der Waals surface area contributed by atoms with E-state index >= 15 is 0 Å². The number of hydrogen-bond acceptors (Lipinski definition) is 4. The lowest BCUT2D eigenvalue weighted by Gasteiger charge is -2.17. The number of nitrogens with zero attached hydrogens (tertiary/aromatic N) is 1. The highest BCUT2D eigenvalue weighted by atomic mass is 35.5. The normalized spacial score (nSPS) is 21.0. The Morgan fingerprint density at radius 3 is 2.71 bits per heavy atom. The van der Waals surface area contributed by atoms with E-state index in [0.29, 0.717) is 10.6 Å². The van der Waals surface area contributed by atoms with Gasteiger partial charge in [0.2, 0.25) is 0 Å². The lowest BCUT2D eigenvalue weighted by Crippen LogP contribution is -2.21. The van der Waals surface area contributed by atoms with Gasteiger partial charge in [0.15, 0.2) is 0 Å². The predicted octanol–water partition coefficient (Wildman–Crippen LogP) is 4.53. The van der Waals surface area contributed by atoms with Crippen LogP contribution in [0.1, 0.15) is 28.4 Å². The van der Waals surface area contributed by atoms with Crippen LogP contribution in [0.25, 0.3) is 0 Å². The van der Waals surface area contributed by atoms with Crippen LogP contribution in [0, 0.1) is 0 Å². The number of rotatable bonds is 4. The molecule has 0 N–H and O–H groups in total. The fourth-order valence-electron chi connectivity index (χ4n) is 2.77. The molecule has 0 spiro atoms. The molecule has 6 heteroatoms. The topological polar surface area (TPSA) is 38.8 Å². The molecule has 24 heavy (non-hydrogen) atoms. The molecule has 1 aliphatic heterocycles. The number of hydrogen-bond donors (Lipinski definition) is 0. The summed E-state index contributed by atoms with van der Waals surface area (Å²) in [5.74, 6) is -0.480. The van der Waals surface area contributed by atoms with Crippen LogP contribution in [-0.2, 0) is 9.57 Å². The predicted molar refractivity (Wildman–Crippen MR) is 93.2 cm³/mol. The largest absolute Gasteiger partial charge is 0.459 e. The summed E-state index contributed by atoms with van der Waals surface area (Å²) in [6.07, 6.45) is 0.567. The quantitative estimate of drug-likeness (QED) is 0.746. The summed E-state index contributed by atoms with van der Waals surface area (Å²) >= 11 is 11.9. The fraction of sp³-hybridized carbons (Fsp3) is 0.278. The second-order valence-corrected chi connectivity index (χ2v) is 6.50. The third kappa shape index (κ3) is 3.90. The first-order chi connectivity index (χ1) is 11.5. The van der Waals surface area contributed by atoms with Gasteiger partial charge in [0.1, 0.15) is 12.7 Å². The third-order valence-corrected chi connectivity index (χ3v) is 4.52. The zero-order chi connectivity index (χ0) is 17.1. The molecule has 1 saturated heterocycles. The van der Waals surface area contributed by atoms with Crippen molar-refractivity contribution in [1.29, 1.82) is 0 Å². The smallest absolute Gasteiger partial charge is 0.339 e. The second kappa shape index (κ2) is 7.53. The number of carbonyl (C=O) groups excluding carboxylic acids is 1. The van der Waals surface area contributed by atoms with E-state index < -0.39 is 5.97 Å². The first kappa shape index (κ1) is 17.2. The molecule has 0 aromatic heterocycles. The molecule has 126 valence electrons. The lowest BCUT2D eigenvalue weighted by molar-refractivity contribution is -0.153. The number of esters is 1. The summed E-state index contributed by atoms with van der Waals surface area (Å²) in [5.41, 5.74) is 1.47. The maximum Gasteiger partial charge on any atom is 0.339 e. The molecule has 2 aromatic carbocycles. The SMILES string of the molecule is CN1O[C@H](COC(=O)c2ccc(Cl)cc2Cl)C[C@@H]1c1ccccc1. The molecule has 3 rings (SSSR count). The number of ether oxygens (including phenoxy) is 1. The average molecular weight is 366 g/mol. The first-order valence-electron chi connectivity index (χ1n) is 7.61. The molecule has 2 atom stereocenters. The van der Waals surface area contributed by atoms with Crippen molar-refractivity contribution in [3.05, 3.63) is 69.7 Å². The number of hydroxylamine groups is 2. The molecule has 0 saturated carbocycles. The summed E-state index contributed by atoms with van der Waals surface area (Å²) < 4.78 is 5.35. The van der Waals surface area contributed by atoms with Crippen LogP contribution in [0.4, 0.5) is 0 Å². The van der Waals surface area contributed by atoms with Gasteiger partial charge in [-0.15, -0.1) is 0 Å². The minimum absolute atomic E-state index is 0.147. The zero-order valence-electron chi connectivity index (χ0n) is 13.1. The van der Waals surface area contributed by atoms with Crippen molar-refractivity contribution in [3.63, 3.8) is 0 Å². The first-order valence-corrected chi connectivity index (χ1v) is 8.37. The maximum absolute atomic E-state index is 12.1. The van der Waals surface area contributed by atoms with Gasteiger partial charge < -0.3 is 4.74 Å². The molecule has 0 unspecified atom stereocenters. The van der Waals surface area contributed by atoms with Gasteiger partial charge in [0.25, 0.3) is 0 Å². The molecule has 0 aliphatic carbocycles. The van der Waals surface area contributed by atoms with Crippen LogP contribution in [0.3, 0.4) is 0 Å². The fourth-order valence-corrected chi connectivity index (χ4v) is 3.26. The van der Waals surface area contributed by atoms with E-state index in [2.05, 4.69) is 12.1 Å². The Hall–Kier alpha value is -1.59. The molecule has 1 heterocycles. The summed E-state index contributed by atoms with van der Waals surface area (Å²) in [6.45, 7) is 0.172. The number of halogens is 2. The van der Waals surface area contributed by atoms with E-state index in [9.17, 15) is 4.79 Å². The van der Waals surface area contributed by atoms with Crippen molar-refractivity contribution < 1.29 is 14.4 Å². The average Bonchev–Trinajstić information content (AvgIpc) is 2.94. The van der Waals surface area contributed by atoms with Gasteiger partial charge in [0, 0.05) is 18.5 Å². The Morgan fingerprint density at radius 2 is 2.00 bits per heavy atom. The van der Waals surface area contributed by atoms with Crippen LogP contribution >= 0.6 is 23.2 Å². The van der Waals surface area contributed by atoms with Gasteiger partial charge in [-0.2, -0.15) is 5.06 Å². The highest BCUT2D eigenvalue weighted by Gasteiger charge is 2.32. The summed E-state index contributed by atoms with van der Waals surface area (Å²) in [7, 11) is 1.88. The van der Waals surface area contributed by atoms with E-state index in [1.54, 1.807) is 12.1 Å². The van der Waals surface area contributed by atoms with E-state index in [1.807, 2.05) is 30.3 Å². The van der Waals surface area contributed by atoms with Crippen LogP contribution in [0.5, 0.6) is 0 Å². The van der Waals surface area contributed by atoms with Crippen molar-refractivity contribution in [2.24, 2.45) is 0 Å². The molecule has 2 aromatic rings. The van der Waals surface area contributed by atoms with E-state index in [1.165, 1.54) is 11.6 Å². The highest BCUT2D eigenvalue weighted by Crippen LogP contribution is 2.32. The van der Waals surface area contributed by atoms with Crippen molar-refractivity contribution in [1.82, 2.24) is 5.06 Å². The van der Waals surface area contributed by atoms with Gasteiger partial charge in [-0.25, -0.2) is 4.79 Å². The molecule has 4 nitrogen and oxygen atoms in total. The standard InChI is InChI=1S/C18H17Cl2NO3/c1-21-17(12-5-3-2-4-6-12)10-14(24-21)11-23-18(22)15-8-7-13(19)9-16(15)20/h2-9,14,17H,10-11H2,1H3/t14-,17+/m0/s1. The Kier molecular flexibility index (Phi) is 5.41. The van der Waals surface area contributed by atoms with Gasteiger partial charge in [-0.05, 0) is 23.8 Å². The second-order valence-electron chi connectivity index (χ2n) is 5.66. The van der Waals surface area contributed by atoms with Gasteiger partial charge in [-0.3, -0.25) is 4.84 Å². The van der Waals surface area contributed by atoms with Crippen LogP contribution in [0.15, 0.2) is 48.5 Å². The van der Waals surface area contributed by atoms with E-state index in [0.717, 1.165) is 6.42 Å². The summed E-state index contributed by atoms with van der Waals surface area (Å²) in [5, 5.41) is 2.56. The van der Waals surface area contributed by atoms with Crippen molar-refractivity contribution in [3.8, 4) is 0 Å². The maximum atomic E-state index is 12.1. The van der Waals surface area contributed by atoms with Crippen LogP contribution in [0.2, 0.25) is 10.0 Å². The Morgan fingerprint density at radius 1 is 1.25 bits per heavy atom. The molecule has 0 radical (unpaired) electrons. The molecular weight excluding hydrogens is 349 g/mol. The number of carbonyl (C=O) groups is 1. The van der Waals surface area contributed by atoms with Gasteiger partial charge in [0.05, 0.1) is 16.6 Å². The third-order valence-electron chi connectivity index (χ3n) is 3.98. The minimum Gasteiger partial charge on any atom is -0.459 e. The van der Waals surface area contributed by atoms with E-state index in [4.69, 9.17) is 32.8 Å². The van der Waals surface area contributed by atoms with Crippen molar-refractivity contribution in [2.45, 2.75) is 18.6 Å². The molecule has 0 amide bonds. The van der Waals surface area contributed by atoms with Crippen LogP contribution in [-0.4, -0.2) is 30.8 Å². The molecular formula is C18H17Cl2NO3. The Labute approximate surface area is 150 Å². The van der Waals surface area contributed by atoms with Gasteiger partial charge >= 0.3 is 5.97 Å². The minimum atomic E-state index is -0.480. The van der Waals surface area contributed by atoms with Crippen molar-refractivity contribution in [2.75, 3.05) is 13.7 Å². The lowest BCUT2D eigenvalue weighted by atomic mass is 10.0. The highest BCUT2D eigenvalue weighted by molar-refractivity contribution is 6.36. The van der Waals surface area contributed by atoms with Crippen LogP contribution < -0.4 is 0 Å². The molecule has 1 fully saturated rings. The Balaban J connectivity index is 1.58. The van der Waals surface area contributed by atoms with E-state index in [-0.39, 0.29) is 23.8 Å². The molecule has 0 bridgehead atoms. The zero-order valence-corrected chi connectivity index (χ0v) is 14.6.